The lowest BCUT2D eigenvalue weighted by molar-refractivity contribution is -0.120. The zero-order valence-electron chi connectivity index (χ0n) is 14.9. The molecule has 1 N–H and O–H groups in total. The van der Waals surface area contributed by atoms with Gasteiger partial charge in [-0.2, -0.15) is 0 Å². The van der Waals surface area contributed by atoms with Crippen molar-refractivity contribution in [2.45, 2.75) is 6.10 Å². The van der Waals surface area contributed by atoms with Gasteiger partial charge >= 0.3 is 0 Å². The Morgan fingerprint density at radius 3 is 2.61 bits per heavy atom. The maximum Gasteiger partial charge on any atom is 0.240 e. The number of nitrogens with zero attached hydrogens (tertiary/aromatic N) is 1. The van der Waals surface area contributed by atoms with Crippen LogP contribution in [-0.4, -0.2) is 46.4 Å². The zero-order valence-corrected chi connectivity index (χ0v) is 17.2. The molecule has 1 amide bonds. The lowest BCUT2D eigenvalue weighted by Gasteiger charge is -2.27. The Labute approximate surface area is 173 Å². The minimum absolute atomic E-state index is 0.131. The molecule has 0 spiro atoms. The van der Waals surface area contributed by atoms with Crippen molar-refractivity contribution in [1.82, 2.24) is 5.32 Å². The maximum absolute atomic E-state index is 12.4. The van der Waals surface area contributed by atoms with Crippen LogP contribution in [0.3, 0.4) is 0 Å². The lowest BCUT2D eigenvalue weighted by Crippen LogP contribution is -2.45. The molecule has 1 heterocycles. The molecule has 150 valence electrons. The minimum Gasteiger partial charge on any atom is -0.486 e. The van der Waals surface area contributed by atoms with Gasteiger partial charge in [-0.05, 0) is 30.3 Å². The van der Waals surface area contributed by atoms with E-state index in [4.69, 9.17) is 32.7 Å². The van der Waals surface area contributed by atoms with Crippen LogP contribution in [0.15, 0.2) is 42.5 Å². The summed E-state index contributed by atoms with van der Waals surface area (Å²) < 4.78 is 36.6. The van der Waals surface area contributed by atoms with E-state index in [1.165, 1.54) is 18.2 Å². The minimum atomic E-state index is -3.74. The van der Waals surface area contributed by atoms with Gasteiger partial charge in [-0.15, -0.1) is 0 Å². The number of hydrogen-bond acceptors (Lipinski definition) is 5. The van der Waals surface area contributed by atoms with Crippen LogP contribution in [0, 0.1) is 0 Å². The number of carbonyl (C=O) groups is 1. The Kier molecular flexibility index (Phi) is 6.22. The molecule has 28 heavy (non-hydrogen) atoms. The van der Waals surface area contributed by atoms with Crippen LogP contribution in [0.1, 0.15) is 0 Å². The molecule has 0 saturated carbocycles. The average molecular weight is 445 g/mol. The van der Waals surface area contributed by atoms with Crippen molar-refractivity contribution in [3.05, 3.63) is 52.5 Å². The first-order chi connectivity index (χ1) is 13.2. The summed E-state index contributed by atoms with van der Waals surface area (Å²) in [6, 6.07) is 11.6. The average Bonchev–Trinajstić information content (AvgIpc) is 2.64. The van der Waals surface area contributed by atoms with Crippen molar-refractivity contribution in [1.29, 1.82) is 0 Å². The Balaban J connectivity index is 1.63. The molecule has 0 saturated heterocycles. The number of fused-ring (bicyclic) bond motifs is 1. The molecule has 3 rings (SSSR count). The van der Waals surface area contributed by atoms with E-state index in [1.807, 2.05) is 12.1 Å². The van der Waals surface area contributed by atoms with Gasteiger partial charge in [-0.1, -0.05) is 35.3 Å². The van der Waals surface area contributed by atoms with E-state index in [-0.39, 0.29) is 30.0 Å². The highest BCUT2D eigenvalue weighted by atomic mass is 35.5. The smallest absolute Gasteiger partial charge is 0.240 e. The molecule has 7 nitrogen and oxygen atoms in total. The number of amides is 1. The van der Waals surface area contributed by atoms with Crippen LogP contribution in [0.5, 0.6) is 11.5 Å². The first kappa shape index (κ1) is 20.6. The third-order valence-electron chi connectivity index (χ3n) is 3.96. The molecule has 10 heteroatoms. The first-order valence-electron chi connectivity index (χ1n) is 8.32. The van der Waals surface area contributed by atoms with Gasteiger partial charge in [0, 0.05) is 5.02 Å². The van der Waals surface area contributed by atoms with Gasteiger partial charge in [0.05, 0.1) is 23.5 Å². The fraction of sp³-hybridized carbons (Fsp3) is 0.278. The topological polar surface area (TPSA) is 84.9 Å². The fourth-order valence-electron chi connectivity index (χ4n) is 2.64. The van der Waals surface area contributed by atoms with Crippen molar-refractivity contribution in [3.63, 3.8) is 0 Å². The van der Waals surface area contributed by atoms with Crippen molar-refractivity contribution in [3.8, 4) is 11.5 Å². The highest BCUT2D eigenvalue weighted by Gasteiger charge is 2.25. The number of sulfonamides is 1. The van der Waals surface area contributed by atoms with Crippen molar-refractivity contribution >= 4 is 44.8 Å². The van der Waals surface area contributed by atoms with Gasteiger partial charge in [-0.25, -0.2) is 8.42 Å². The summed E-state index contributed by atoms with van der Waals surface area (Å²) in [7, 11) is -3.74. The Hall–Kier alpha value is -2.16. The molecule has 0 fully saturated rings. The van der Waals surface area contributed by atoms with Crippen LogP contribution in [0.2, 0.25) is 10.0 Å². The number of anilines is 1. The van der Waals surface area contributed by atoms with Crippen molar-refractivity contribution < 1.29 is 22.7 Å². The van der Waals surface area contributed by atoms with Crippen LogP contribution in [-0.2, 0) is 14.8 Å². The summed E-state index contributed by atoms with van der Waals surface area (Å²) in [5.41, 5.74) is 0.176. The van der Waals surface area contributed by atoms with Crippen LogP contribution < -0.4 is 19.1 Å². The van der Waals surface area contributed by atoms with Crippen molar-refractivity contribution in [2.24, 2.45) is 0 Å². The van der Waals surface area contributed by atoms with E-state index in [1.54, 1.807) is 12.1 Å². The normalized spacial score (nSPS) is 15.8. The van der Waals surface area contributed by atoms with E-state index in [0.717, 1.165) is 10.6 Å². The second kappa shape index (κ2) is 8.46. The summed E-state index contributed by atoms with van der Waals surface area (Å²) in [4.78, 5) is 12.4. The summed E-state index contributed by atoms with van der Waals surface area (Å²) in [6.07, 6.45) is 0.616. The number of halogens is 2. The Morgan fingerprint density at radius 1 is 1.21 bits per heavy atom. The third kappa shape index (κ3) is 5.01. The SMILES string of the molecule is CS(=O)(=O)N(CC(=O)NC[C@H]1COc2ccccc2O1)c1ccc(Cl)cc1Cl. The van der Waals surface area contributed by atoms with E-state index < -0.39 is 22.5 Å². The second-order valence-electron chi connectivity index (χ2n) is 6.17. The van der Waals surface area contributed by atoms with Crippen molar-refractivity contribution in [2.75, 3.05) is 30.3 Å². The molecule has 1 aliphatic rings. The molecule has 0 bridgehead atoms. The number of hydrogen-bond donors (Lipinski definition) is 1. The standard InChI is InChI=1S/C18H18Cl2N2O5S/c1-28(24,25)22(15-7-6-12(19)8-14(15)20)10-18(23)21-9-13-11-26-16-4-2-3-5-17(16)27-13/h2-8,13H,9-11H2,1H3,(H,21,23)/t13-/m0/s1. The number of para-hydroxylation sites is 2. The monoisotopic (exact) mass is 444 g/mol. The van der Waals surface area contributed by atoms with E-state index in [0.29, 0.717) is 16.5 Å². The zero-order chi connectivity index (χ0) is 20.3. The molecule has 0 unspecified atom stereocenters. The van der Waals surface area contributed by atoms with Gasteiger partial charge in [-0.3, -0.25) is 9.10 Å². The molecule has 0 radical (unpaired) electrons. The number of benzene rings is 2. The summed E-state index contributed by atoms with van der Waals surface area (Å²) in [5.74, 6) is 0.739. The summed E-state index contributed by atoms with van der Waals surface area (Å²) >= 11 is 12.0. The molecular weight excluding hydrogens is 427 g/mol. The Bertz CT molecular complexity index is 984. The maximum atomic E-state index is 12.4. The summed E-state index contributed by atoms with van der Waals surface area (Å²) in [5, 5.41) is 3.16. The highest BCUT2D eigenvalue weighted by Crippen LogP contribution is 2.31. The largest absolute Gasteiger partial charge is 0.486 e. The highest BCUT2D eigenvalue weighted by molar-refractivity contribution is 7.92. The lowest BCUT2D eigenvalue weighted by atomic mass is 10.2. The number of rotatable bonds is 6. The quantitative estimate of drug-likeness (QED) is 0.739. The number of nitrogens with one attached hydrogen (secondary N) is 1. The molecule has 0 aliphatic carbocycles. The van der Waals surface area contributed by atoms with E-state index >= 15 is 0 Å². The Morgan fingerprint density at radius 2 is 1.93 bits per heavy atom. The van der Waals surface area contributed by atoms with Crippen LogP contribution in [0.25, 0.3) is 0 Å². The molecular formula is C18H18Cl2N2O5S. The second-order valence-corrected chi connectivity index (χ2v) is 8.92. The predicted molar refractivity (Wildman–Crippen MR) is 108 cm³/mol. The van der Waals surface area contributed by atoms with Crippen LogP contribution in [0.4, 0.5) is 5.69 Å². The van der Waals surface area contributed by atoms with Gasteiger partial charge in [0.25, 0.3) is 0 Å². The molecule has 0 aromatic heterocycles. The van der Waals surface area contributed by atoms with Crippen LogP contribution >= 0.6 is 23.2 Å². The van der Waals surface area contributed by atoms with E-state index in [9.17, 15) is 13.2 Å². The fourth-order valence-corrected chi connectivity index (χ4v) is 4.07. The predicted octanol–water partition coefficient (Wildman–Crippen LogP) is 2.72. The van der Waals surface area contributed by atoms with Gasteiger partial charge in [0.2, 0.25) is 15.9 Å². The third-order valence-corrected chi connectivity index (χ3v) is 5.62. The number of ether oxygens (including phenoxy) is 2. The van der Waals surface area contributed by atoms with Gasteiger partial charge < -0.3 is 14.8 Å². The number of carbonyl (C=O) groups excluding carboxylic acids is 1. The molecule has 1 atom stereocenters. The first-order valence-corrected chi connectivity index (χ1v) is 10.9. The van der Waals surface area contributed by atoms with E-state index in [2.05, 4.69) is 5.32 Å². The molecule has 1 aliphatic heterocycles. The van der Waals surface area contributed by atoms with Gasteiger partial charge in [0.1, 0.15) is 19.3 Å². The molecule has 2 aromatic rings. The van der Waals surface area contributed by atoms with Gasteiger partial charge in [0.15, 0.2) is 11.5 Å². The summed E-state index contributed by atoms with van der Waals surface area (Å²) in [6.45, 7) is 0.0135. The molecule has 2 aromatic carbocycles.